The molecule has 0 aromatic heterocycles. The van der Waals surface area contributed by atoms with Crippen molar-refractivity contribution in [3.8, 4) is 0 Å². The number of carbonyl (C=O) groups is 1. The Hall–Kier alpha value is -0.0300. The number of halogens is 1. The molecule has 0 N–H and O–H groups in total. The lowest BCUT2D eigenvalue weighted by Crippen LogP contribution is -1.86. The lowest BCUT2D eigenvalue weighted by Gasteiger charge is -1.92. The molecule has 0 saturated heterocycles. The summed E-state index contributed by atoms with van der Waals surface area (Å²) < 4.78 is 1.12. The molecule has 1 aromatic carbocycles. The van der Waals surface area contributed by atoms with Crippen molar-refractivity contribution in [1.82, 2.24) is 0 Å². The monoisotopic (exact) mass is 264 g/mol. The number of thiol groups is 1. The molecule has 0 bridgehead atoms. The van der Waals surface area contributed by atoms with Crippen LogP contribution in [-0.2, 0) is 0 Å². The van der Waals surface area contributed by atoms with Gasteiger partial charge in [0, 0.05) is 9.13 Å². The fraction of sp³-hybridized carbons (Fsp3) is 0. The van der Waals surface area contributed by atoms with Crippen molar-refractivity contribution in [2.24, 2.45) is 0 Å². The van der Waals surface area contributed by atoms with Gasteiger partial charge in [-0.1, -0.05) is 0 Å². The second-order valence-electron chi connectivity index (χ2n) is 1.81. The summed E-state index contributed by atoms with van der Waals surface area (Å²) in [7, 11) is 0. The summed E-state index contributed by atoms with van der Waals surface area (Å²) in [5.41, 5.74) is 0.642. The van der Waals surface area contributed by atoms with E-state index < -0.39 is 0 Å². The second-order valence-corrected chi connectivity index (χ2v) is 3.46. The Balaban J connectivity index is 3.00. The van der Waals surface area contributed by atoms with Crippen molar-refractivity contribution in [2.45, 2.75) is 0 Å². The van der Waals surface area contributed by atoms with Crippen molar-refractivity contribution < 1.29 is 4.79 Å². The van der Waals surface area contributed by atoms with Gasteiger partial charge in [-0.05, 0) is 46.9 Å². The summed E-state index contributed by atoms with van der Waals surface area (Å²) in [5.74, 6) is 0. The third kappa shape index (κ3) is 1.98. The third-order valence-corrected chi connectivity index (χ3v) is 2.07. The number of hydrogen-bond acceptors (Lipinski definition) is 1. The molecular formula is C7H5IOS. The highest BCUT2D eigenvalue weighted by atomic mass is 127. The van der Waals surface area contributed by atoms with Crippen LogP contribution in [0.1, 0.15) is 10.4 Å². The molecule has 0 atom stereocenters. The van der Waals surface area contributed by atoms with E-state index in [9.17, 15) is 4.79 Å². The van der Waals surface area contributed by atoms with Gasteiger partial charge in [-0.25, -0.2) is 0 Å². The van der Waals surface area contributed by atoms with Gasteiger partial charge in [-0.15, -0.1) is 12.6 Å². The van der Waals surface area contributed by atoms with Crippen molar-refractivity contribution in [3.63, 3.8) is 0 Å². The van der Waals surface area contributed by atoms with E-state index in [4.69, 9.17) is 0 Å². The zero-order valence-corrected chi connectivity index (χ0v) is 8.09. The molecule has 0 aliphatic rings. The Morgan fingerprint density at radius 1 is 1.30 bits per heavy atom. The van der Waals surface area contributed by atoms with Gasteiger partial charge in [0.15, 0.2) is 0 Å². The Morgan fingerprint density at radius 3 is 2.20 bits per heavy atom. The van der Waals surface area contributed by atoms with Gasteiger partial charge in [0.25, 0.3) is 0 Å². The molecule has 10 heavy (non-hydrogen) atoms. The van der Waals surface area contributed by atoms with Crippen LogP contribution in [0.3, 0.4) is 0 Å². The quantitative estimate of drug-likeness (QED) is 0.608. The molecule has 0 heterocycles. The van der Waals surface area contributed by atoms with E-state index in [1.165, 1.54) is 0 Å². The van der Waals surface area contributed by atoms with Gasteiger partial charge in [0.05, 0.1) is 0 Å². The van der Waals surface area contributed by atoms with Crippen LogP contribution in [0.2, 0.25) is 0 Å². The first-order valence-electron chi connectivity index (χ1n) is 2.69. The zero-order chi connectivity index (χ0) is 7.56. The van der Waals surface area contributed by atoms with Crippen LogP contribution in [0, 0.1) is 3.57 Å². The topological polar surface area (TPSA) is 17.1 Å². The first-order valence-corrected chi connectivity index (χ1v) is 4.21. The zero-order valence-electron chi connectivity index (χ0n) is 5.04. The minimum atomic E-state index is -0.184. The maximum absolute atomic E-state index is 10.6. The normalized spacial score (nSPS) is 9.40. The molecule has 0 saturated carbocycles. The molecule has 52 valence electrons. The number of hydrogen-bond donors (Lipinski definition) is 1. The second kappa shape index (κ2) is 3.39. The SMILES string of the molecule is O=C(S)c1ccc(I)cc1. The highest BCUT2D eigenvalue weighted by Gasteiger charge is 1.96. The maximum atomic E-state index is 10.6. The molecule has 0 amide bonds. The van der Waals surface area contributed by atoms with Gasteiger partial charge in [0.1, 0.15) is 0 Å². The number of carbonyl (C=O) groups excluding carboxylic acids is 1. The van der Waals surface area contributed by atoms with Gasteiger partial charge in [-0.2, -0.15) is 0 Å². The Labute approximate surface area is 78.4 Å². The summed E-state index contributed by atoms with van der Waals surface area (Å²) in [5, 5.41) is -0.184. The minimum Gasteiger partial charge on any atom is -0.282 e. The van der Waals surface area contributed by atoms with E-state index in [1.807, 2.05) is 12.1 Å². The lowest BCUT2D eigenvalue weighted by molar-refractivity contribution is 0.109. The predicted octanol–water partition coefficient (Wildman–Crippen LogP) is 2.36. The van der Waals surface area contributed by atoms with E-state index in [2.05, 4.69) is 35.2 Å². The summed E-state index contributed by atoms with van der Waals surface area (Å²) >= 11 is 5.86. The van der Waals surface area contributed by atoms with Gasteiger partial charge < -0.3 is 0 Å². The average Bonchev–Trinajstić information content (AvgIpc) is 1.88. The van der Waals surface area contributed by atoms with E-state index in [-0.39, 0.29) is 5.12 Å². The molecule has 0 spiro atoms. The van der Waals surface area contributed by atoms with Crippen LogP contribution >= 0.6 is 35.2 Å². The predicted molar refractivity (Wildman–Crippen MR) is 52.5 cm³/mol. The van der Waals surface area contributed by atoms with Crippen LogP contribution in [-0.4, -0.2) is 5.12 Å². The van der Waals surface area contributed by atoms with E-state index in [1.54, 1.807) is 12.1 Å². The third-order valence-electron chi connectivity index (χ3n) is 1.09. The fourth-order valence-corrected chi connectivity index (χ4v) is 1.10. The lowest BCUT2D eigenvalue weighted by atomic mass is 10.2. The molecular weight excluding hydrogens is 259 g/mol. The van der Waals surface area contributed by atoms with Crippen molar-refractivity contribution in [3.05, 3.63) is 33.4 Å². The summed E-state index contributed by atoms with van der Waals surface area (Å²) in [6, 6.07) is 7.28. The van der Waals surface area contributed by atoms with E-state index in [0.717, 1.165) is 3.57 Å². The van der Waals surface area contributed by atoms with Crippen molar-refractivity contribution >= 4 is 40.3 Å². The van der Waals surface area contributed by atoms with Gasteiger partial charge >= 0.3 is 0 Å². The summed E-state index contributed by atoms with van der Waals surface area (Å²) in [6.45, 7) is 0. The van der Waals surface area contributed by atoms with Crippen LogP contribution in [0.5, 0.6) is 0 Å². The minimum absolute atomic E-state index is 0.184. The van der Waals surface area contributed by atoms with E-state index >= 15 is 0 Å². The average molecular weight is 264 g/mol. The molecule has 1 nitrogen and oxygen atoms in total. The summed E-state index contributed by atoms with van der Waals surface area (Å²) in [4.78, 5) is 10.6. The molecule has 0 unspecified atom stereocenters. The highest BCUT2D eigenvalue weighted by molar-refractivity contribution is 14.1. The highest BCUT2D eigenvalue weighted by Crippen LogP contribution is 2.08. The molecule has 0 aliphatic carbocycles. The summed E-state index contributed by atoms with van der Waals surface area (Å²) in [6.07, 6.45) is 0. The van der Waals surface area contributed by atoms with Crippen LogP contribution in [0.15, 0.2) is 24.3 Å². The van der Waals surface area contributed by atoms with E-state index in [0.29, 0.717) is 5.56 Å². The first kappa shape index (κ1) is 8.07. The van der Waals surface area contributed by atoms with Crippen molar-refractivity contribution in [1.29, 1.82) is 0 Å². The van der Waals surface area contributed by atoms with Crippen molar-refractivity contribution in [2.75, 3.05) is 0 Å². The van der Waals surface area contributed by atoms with Gasteiger partial charge in [-0.3, -0.25) is 4.79 Å². The first-order chi connectivity index (χ1) is 4.70. The van der Waals surface area contributed by atoms with Crippen LogP contribution in [0.4, 0.5) is 0 Å². The largest absolute Gasteiger partial charge is 0.282 e. The Kier molecular flexibility index (Phi) is 2.73. The molecule has 3 heteroatoms. The number of rotatable bonds is 1. The Bertz CT molecular complexity index is 242. The van der Waals surface area contributed by atoms with Crippen LogP contribution < -0.4 is 0 Å². The molecule has 0 radical (unpaired) electrons. The molecule has 1 rings (SSSR count). The molecule has 1 aromatic rings. The van der Waals surface area contributed by atoms with Crippen LogP contribution in [0.25, 0.3) is 0 Å². The standard InChI is InChI=1S/C7H5IOS/c8-6-3-1-5(2-4-6)7(9)10/h1-4H,(H,9,10). The maximum Gasteiger partial charge on any atom is 0.216 e. The van der Waals surface area contributed by atoms with Gasteiger partial charge in [0.2, 0.25) is 5.12 Å². The smallest absolute Gasteiger partial charge is 0.216 e. The molecule has 0 aliphatic heterocycles. The number of benzene rings is 1. The molecule has 0 fully saturated rings. The Morgan fingerprint density at radius 2 is 1.80 bits per heavy atom. The fourth-order valence-electron chi connectivity index (χ4n) is 0.592.